The minimum Gasteiger partial charge on any atom is -0.373 e. The van der Waals surface area contributed by atoms with Gasteiger partial charge in [0.25, 0.3) is 5.91 Å². The molecule has 8 heteroatoms. The third kappa shape index (κ3) is 4.77. The second-order valence-corrected chi connectivity index (χ2v) is 6.45. The van der Waals surface area contributed by atoms with Crippen molar-refractivity contribution < 1.29 is 18.0 Å². The molecule has 0 saturated carbocycles. The van der Waals surface area contributed by atoms with Crippen molar-refractivity contribution in [1.29, 1.82) is 0 Å². The summed E-state index contributed by atoms with van der Waals surface area (Å²) in [6, 6.07) is 8.78. The first-order valence-corrected chi connectivity index (χ1v) is 8.68. The van der Waals surface area contributed by atoms with Crippen molar-refractivity contribution in [3.63, 3.8) is 0 Å². The molecule has 2 aromatic rings. The first kappa shape index (κ1) is 19.2. The summed E-state index contributed by atoms with van der Waals surface area (Å²) in [7, 11) is 1.74. The summed E-state index contributed by atoms with van der Waals surface area (Å²) in [4.78, 5) is 20.5. The summed E-state index contributed by atoms with van der Waals surface area (Å²) < 4.78 is 38.5. The van der Waals surface area contributed by atoms with Crippen molar-refractivity contribution in [3.05, 3.63) is 59.3 Å². The number of nitrogens with zero attached hydrogens (tertiary/aromatic N) is 3. The molecular weight excluding hydrogens is 357 g/mol. The molecule has 3 rings (SSSR count). The van der Waals surface area contributed by atoms with Gasteiger partial charge in [0, 0.05) is 51.5 Å². The smallest absolute Gasteiger partial charge is 0.373 e. The van der Waals surface area contributed by atoms with Crippen LogP contribution in [0, 0.1) is 0 Å². The van der Waals surface area contributed by atoms with Crippen LogP contribution in [0.5, 0.6) is 0 Å². The van der Waals surface area contributed by atoms with Crippen LogP contribution in [0.15, 0.2) is 42.6 Å². The first-order chi connectivity index (χ1) is 12.9. The highest BCUT2D eigenvalue weighted by molar-refractivity contribution is 5.94. The fourth-order valence-electron chi connectivity index (χ4n) is 3.10. The molecule has 2 heterocycles. The summed E-state index contributed by atoms with van der Waals surface area (Å²) in [6.45, 7) is 2.74. The van der Waals surface area contributed by atoms with Crippen LogP contribution in [0.4, 0.5) is 19.0 Å². The SMILES string of the molecule is CNc1cc(C(=O)N2CCN(Cc3cccc(C(F)(F)F)c3)CC2)ccn1. The molecule has 0 radical (unpaired) electrons. The number of carbonyl (C=O) groups is 1. The van der Waals surface area contributed by atoms with E-state index in [1.807, 2.05) is 0 Å². The molecule has 0 aliphatic carbocycles. The van der Waals surface area contributed by atoms with Crippen molar-refractivity contribution in [2.75, 3.05) is 38.5 Å². The Morgan fingerprint density at radius 1 is 1.15 bits per heavy atom. The quantitative estimate of drug-likeness (QED) is 0.888. The van der Waals surface area contributed by atoms with E-state index in [1.54, 1.807) is 36.3 Å². The van der Waals surface area contributed by atoms with Gasteiger partial charge in [0.1, 0.15) is 5.82 Å². The van der Waals surface area contributed by atoms with E-state index >= 15 is 0 Å². The summed E-state index contributed by atoms with van der Waals surface area (Å²) in [5, 5.41) is 2.90. The van der Waals surface area contributed by atoms with E-state index in [-0.39, 0.29) is 5.91 Å². The van der Waals surface area contributed by atoms with Gasteiger partial charge >= 0.3 is 6.18 Å². The van der Waals surface area contributed by atoms with Gasteiger partial charge in [-0.2, -0.15) is 13.2 Å². The van der Waals surface area contributed by atoms with Crippen LogP contribution in [-0.4, -0.2) is 53.9 Å². The van der Waals surface area contributed by atoms with Gasteiger partial charge in [0.15, 0.2) is 0 Å². The number of piperazine rings is 1. The van der Waals surface area contributed by atoms with Gasteiger partial charge in [0.2, 0.25) is 0 Å². The monoisotopic (exact) mass is 378 g/mol. The number of benzene rings is 1. The molecule has 1 aliphatic rings. The van der Waals surface area contributed by atoms with Crippen LogP contribution in [-0.2, 0) is 12.7 Å². The molecule has 0 atom stereocenters. The molecule has 1 aromatic carbocycles. The third-order valence-electron chi connectivity index (χ3n) is 4.58. The maximum Gasteiger partial charge on any atom is 0.416 e. The van der Waals surface area contributed by atoms with Gasteiger partial charge < -0.3 is 10.2 Å². The van der Waals surface area contributed by atoms with Gasteiger partial charge in [-0.25, -0.2) is 4.98 Å². The molecule has 0 bridgehead atoms. The molecule has 144 valence electrons. The number of pyridine rings is 1. The molecule has 1 saturated heterocycles. The van der Waals surface area contributed by atoms with Crippen LogP contribution < -0.4 is 5.32 Å². The molecule has 1 aromatic heterocycles. The van der Waals surface area contributed by atoms with E-state index in [0.29, 0.717) is 49.7 Å². The van der Waals surface area contributed by atoms with Crippen LogP contribution in [0.3, 0.4) is 0 Å². The largest absolute Gasteiger partial charge is 0.416 e. The summed E-state index contributed by atoms with van der Waals surface area (Å²) >= 11 is 0. The highest BCUT2D eigenvalue weighted by Gasteiger charge is 2.30. The van der Waals surface area contributed by atoms with Crippen molar-refractivity contribution in [3.8, 4) is 0 Å². The minimum atomic E-state index is -4.34. The molecule has 1 aliphatic heterocycles. The summed E-state index contributed by atoms with van der Waals surface area (Å²) in [5.74, 6) is 0.566. The average molecular weight is 378 g/mol. The lowest BCUT2D eigenvalue weighted by molar-refractivity contribution is -0.137. The lowest BCUT2D eigenvalue weighted by atomic mass is 10.1. The number of halogens is 3. The van der Waals surface area contributed by atoms with Gasteiger partial charge in [-0.1, -0.05) is 18.2 Å². The highest BCUT2D eigenvalue weighted by Crippen LogP contribution is 2.29. The molecule has 0 unspecified atom stereocenters. The zero-order valence-corrected chi connectivity index (χ0v) is 15.0. The third-order valence-corrected chi connectivity index (χ3v) is 4.58. The number of nitrogens with one attached hydrogen (secondary N) is 1. The van der Waals surface area contributed by atoms with Crippen LogP contribution in [0.1, 0.15) is 21.5 Å². The Morgan fingerprint density at radius 3 is 2.56 bits per heavy atom. The fraction of sp³-hybridized carbons (Fsp3) is 0.368. The molecule has 1 amide bonds. The van der Waals surface area contributed by atoms with E-state index in [0.717, 1.165) is 6.07 Å². The molecule has 1 N–H and O–H groups in total. The minimum absolute atomic E-state index is 0.0624. The molecule has 1 fully saturated rings. The van der Waals surface area contributed by atoms with Gasteiger partial charge in [-0.05, 0) is 23.8 Å². The van der Waals surface area contributed by atoms with Gasteiger partial charge in [0.05, 0.1) is 5.56 Å². The van der Waals surface area contributed by atoms with Crippen LogP contribution in [0.2, 0.25) is 0 Å². The normalized spacial score (nSPS) is 15.6. The number of hydrogen-bond acceptors (Lipinski definition) is 4. The number of anilines is 1. The Labute approximate surface area is 155 Å². The number of rotatable bonds is 4. The van der Waals surface area contributed by atoms with E-state index in [9.17, 15) is 18.0 Å². The molecule has 5 nitrogen and oxygen atoms in total. The van der Waals surface area contributed by atoms with Crippen molar-refractivity contribution in [1.82, 2.24) is 14.8 Å². The van der Waals surface area contributed by atoms with Crippen molar-refractivity contribution in [2.45, 2.75) is 12.7 Å². The Morgan fingerprint density at radius 2 is 1.89 bits per heavy atom. The van der Waals surface area contributed by atoms with Crippen molar-refractivity contribution in [2.24, 2.45) is 0 Å². The Kier molecular flexibility index (Phi) is 5.65. The predicted molar refractivity (Wildman–Crippen MR) is 96.4 cm³/mol. The lowest BCUT2D eigenvalue weighted by Crippen LogP contribution is -2.48. The van der Waals surface area contributed by atoms with Gasteiger partial charge in [-0.15, -0.1) is 0 Å². The Bertz CT molecular complexity index is 802. The van der Waals surface area contributed by atoms with E-state index in [4.69, 9.17) is 0 Å². The highest BCUT2D eigenvalue weighted by atomic mass is 19.4. The second kappa shape index (κ2) is 7.96. The van der Waals surface area contributed by atoms with Crippen molar-refractivity contribution >= 4 is 11.7 Å². The van der Waals surface area contributed by atoms with Gasteiger partial charge in [-0.3, -0.25) is 9.69 Å². The number of amides is 1. The molecule has 0 spiro atoms. The van der Waals surface area contributed by atoms with E-state index in [2.05, 4.69) is 15.2 Å². The van der Waals surface area contributed by atoms with E-state index < -0.39 is 11.7 Å². The predicted octanol–water partition coefficient (Wildman–Crippen LogP) is 3.10. The number of carbonyl (C=O) groups excluding carboxylic acids is 1. The molecular formula is C19H21F3N4O. The summed E-state index contributed by atoms with van der Waals surface area (Å²) in [5.41, 5.74) is 0.560. The maximum atomic E-state index is 12.8. The number of aromatic nitrogens is 1. The number of alkyl halides is 3. The van der Waals surface area contributed by atoms with E-state index in [1.165, 1.54) is 12.1 Å². The number of hydrogen-bond donors (Lipinski definition) is 1. The average Bonchev–Trinajstić information content (AvgIpc) is 2.67. The Balaban J connectivity index is 1.58. The summed E-state index contributed by atoms with van der Waals surface area (Å²) in [6.07, 6.45) is -2.75. The standard InChI is InChI=1S/C19H21F3N4O/c1-23-17-12-15(5-6-24-17)18(27)26-9-7-25(8-10-26)13-14-3-2-4-16(11-14)19(20,21)22/h2-6,11-12H,7-10,13H2,1H3,(H,23,24). The Hall–Kier alpha value is -2.61. The topological polar surface area (TPSA) is 48.5 Å². The fourth-order valence-corrected chi connectivity index (χ4v) is 3.10. The zero-order valence-electron chi connectivity index (χ0n) is 15.0. The molecule has 27 heavy (non-hydrogen) atoms. The maximum absolute atomic E-state index is 12.8. The van der Waals surface area contributed by atoms with Crippen LogP contribution in [0.25, 0.3) is 0 Å². The first-order valence-electron chi connectivity index (χ1n) is 8.68. The van der Waals surface area contributed by atoms with Crippen LogP contribution >= 0.6 is 0 Å². The second-order valence-electron chi connectivity index (χ2n) is 6.45. The zero-order chi connectivity index (χ0) is 19.4. The lowest BCUT2D eigenvalue weighted by Gasteiger charge is -2.35.